The van der Waals surface area contributed by atoms with Gasteiger partial charge in [0.25, 0.3) is 5.69 Å². The van der Waals surface area contributed by atoms with Crippen molar-refractivity contribution >= 4 is 11.8 Å². The van der Waals surface area contributed by atoms with Crippen molar-refractivity contribution in [1.29, 1.82) is 0 Å². The standard InChI is InChI=1S/C17H23NO7/c1-11-4-5-12(2)16(22-3)23-10-15(11)25-17(19)24-14-8-6-13(7-9-14)18(20)21/h6-9,11-12,15-16H,4-5,10H2,1-3H3. The highest BCUT2D eigenvalue weighted by Gasteiger charge is 2.30. The Morgan fingerprint density at radius 3 is 2.44 bits per heavy atom. The number of carbonyl (C=O) groups is 1. The highest BCUT2D eigenvalue weighted by Crippen LogP contribution is 2.26. The molecule has 0 spiro atoms. The Kier molecular flexibility index (Phi) is 6.72. The van der Waals surface area contributed by atoms with Crippen LogP contribution in [-0.4, -0.2) is 37.2 Å². The zero-order valence-corrected chi connectivity index (χ0v) is 14.5. The second-order valence-electron chi connectivity index (χ2n) is 6.23. The Bertz CT molecular complexity index is 589. The minimum atomic E-state index is -0.864. The molecule has 0 bridgehead atoms. The third-order valence-electron chi connectivity index (χ3n) is 4.33. The first-order valence-electron chi connectivity index (χ1n) is 8.18. The molecule has 138 valence electrons. The Morgan fingerprint density at radius 2 is 1.84 bits per heavy atom. The largest absolute Gasteiger partial charge is 0.514 e. The van der Waals surface area contributed by atoms with Gasteiger partial charge in [0, 0.05) is 25.2 Å². The lowest BCUT2D eigenvalue weighted by Crippen LogP contribution is -2.38. The van der Waals surface area contributed by atoms with Gasteiger partial charge in [-0.2, -0.15) is 0 Å². The van der Waals surface area contributed by atoms with Crippen LogP contribution in [0.4, 0.5) is 10.5 Å². The first-order chi connectivity index (χ1) is 11.9. The van der Waals surface area contributed by atoms with Gasteiger partial charge >= 0.3 is 6.16 Å². The highest BCUT2D eigenvalue weighted by molar-refractivity contribution is 5.64. The number of non-ortho nitro benzene ring substituents is 1. The smallest absolute Gasteiger partial charge is 0.428 e. The number of carbonyl (C=O) groups excluding carboxylic acids is 1. The molecule has 2 rings (SSSR count). The van der Waals surface area contributed by atoms with Gasteiger partial charge in [0.2, 0.25) is 0 Å². The van der Waals surface area contributed by atoms with Crippen LogP contribution >= 0.6 is 0 Å². The van der Waals surface area contributed by atoms with E-state index in [9.17, 15) is 14.9 Å². The maximum atomic E-state index is 12.0. The summed E-state index contributed by atoms with van der Waals surface area (Å²) in [6.45, 7) is 4.28. The van der Waals surface area contributed by atoms with Gasteiger partial charge in [-0.15, -0.1) is 0 Å². The van der Waals surface area contributed by atoms with Crippen LogP contribution in [0.25, 0.3) is 0 Å². The fourth-order valence-electron chi connectivity index (χ4n) is 2.70. The van der Waals surface area contributed by atoms with Crippen LogP contribution in [0.2, 0.25) is 0 Å². The van der Waals surface area contributed by atoms with Gasteiger partial charge in [-0.3, -0.25) is 10.1 Å². The molecule has 0 aliphatic carbocycles. The van der Waals surface area contributed by atoms with Crippen LogP contribution in [0.5, 0.6) is 5.75 Å². The van der Waals surface area contributed by atoms with Crippen molar-refractivity contribution in [3.05, 3.63) is 34.4 Å². The van der Waals surface area contributed by atoms with Gasteiger partial charge in [0.05, 0.1) is 11.5 Å². The van der Waals surface area contributed by atoms with E-state index >= 15 is 0 Å². The molecule has 1 saturated heterocycles. The topological polar surface area (TPSA) is 97.1 Å². The predicted molar refractivity (Wildman–Crippen MR) is 88.3 cm³/mol. The molecule has 0 aromatic heterocycles. The lowest BCUT2D eigenvalue weighted by atomic mass is 9.92. The van der Waals surface area contributed by atoms with E-state index in [4.69, 9.17) is 18.9 Å². The van der Waals surface area contributed by atoms with Crippen molar-refractivity contribution in [3.8, 4) is 5.75 Å². The van der Waals surface area contributed by atoms with Crippen molar-refractivity contribution in [2.45, 2.75) is 39.1 Å². The summed E-state index contributed by atoms with van der Waals surface area (Å²) in [6, 6.07) is 5.21. The van der Waals surface area contributed by atoms with E-state index in [0.29, 0.717) is 0 Å². The first kappa shape index (κ1) is 19.1. The minimum Gasteiger partial charge on any atom is -0.428 e. The maximum absolute atomic E-state index is 12.0. The zero-order chi connectivity index (χ0) is 18.4. The fraction of sp³-hybridized carbons (Fsp3) is 0.588. The van der Waals surface area contributed by atoms with Crippen LogP contribution in [0.1, 0.15) is 26.7 Å². The van der Waals surface area contributed by atoms with Crippen LogP contribution in [0, 0.1) is 22.0 Å². The molecule has 4 atom stereocenters. The van der Waals surface area contributed by atoms with Gasteiger partial charge in [-0.1, -0.05) is 13.8 Å². The maximum Gasteiger partial charge on any atom is 0.514 e. The quantitative estimate of drug-likeness (QED) is 0.353. The third-order valence-corrected chi connectivity index (χ3v) is 4.33. The number of ether oxygens (including phenoxy) is 4. The third kappa shape index (κ3) is 5.40. The van der Waals surface area contributed by atoms with E-state index in [-0.39, 0.29) is 36.2 Å². The molecule has 25 heavy (non-hydrogen) atoms. The van der Waals surface area contributed by atoms with Crippen LogP contribution < -0.4 is 4.74 Å². The number of nitrogens with zero attached hydrogens (tertiary/aromatic N) is 1. The average molecular weight is 353 g/mol. The molecule has 4 unspecified atom stereocenters. The fourth-order valence-corrected chi connectivity index (χ4v) is 2.70. The Hall–Kier alpha value is -2.19. The van der Waals surface area contributed by atoms with Crippen LogP contribution in [-0.2, 0) is 14.2 Å². The predicted octanol–water partition coefficient (Wildman–Crippen LogP) is 3.53. The molecular weight excluding hydrogens is 330 g/mol. The number of nitro groups is 1. The van der Waals surface area contributed by atoms with Crippen molar-refractivity contribution in [3.63, 3.8) is 0 Å². The second kappa shape index (κ2) is 8.77. The van der Waals surface area contributed by atoms with E-state index in [1.807, 2.05) is 6.92 Å². The number of benzene rings is 1. The van der Waals surface area contributed by atoms with Crippen molar-refractivity contribution in [2.24, 2.45) is 11.8 Å². The number of rotatable bonds is 4. The Labute approximate surface area is 146 Å². The molecule has 0 radical (unpaired) electrons. The van der Waals surface area contributed by atoms with E-state index in [1.165, 1.54) is 24.3 Å². The molecule has 1 aromatic rings. The van der Waals surface area contributed by atoms with E-state index in [1.54, 1.807) is 7.11 Å². The van der Waals surface area contributed by atoms with E-state index < -0.39 is 17.2 Å². The van der Waals surface area contributed by atoms with Gasteiger partial charge < -0.3 is 18.9 Å². The van der Waals surface area contributed by atoms with Gasteiger partial charge in [0.1, 0.15) is 11.9 Å². The van der Waals surface area contributed by atoms with Crippen molar-refractivity contribution in [2.75, 3.05) is 13.7 Å². The summed E-state index contributed by atoms with van der Waals surface area (Å²) in [5.74, 6) is 0.559. The summed E-state index contributed by atoms with van der Waals surface area (Å²) >= 11 is 0. The monoisotopic (exact) mass is 353 g/mol. The summed E-state index contributed by atoms with van der Waals surface area (Å²) in [4.78, 5) is 22.1. The molecule has 1 aliphatic rings. The lowest BCUT2D eigenvalue weighted by molar-refractivity contribution is -0.384. The van der Waals surface area contributed by atoms with E-state index in [0.717, 1.165) is 12.8 Å². The number of nitro benzene ring substituents is 1. The number of hydrogen-bond donors (Lipinski definition) is 0. The Morgan fingerprint density at radius 1 is 1.20 bits per heavy atom. The molecule has 1 fully saturated rings. The van der Waals surface area contributed by atoms with Crippen LogP contribution in [0.3, 0.4) is 0 Å². The molecular formula is C17H23NO7. The summed E-state index contributed by atoms with van der Waals surface area (Å²) in [5, 5.41) is 10.6. The van der Waals surface area contributed by atoms with Crippen molar-refractivity contribution in [1.82, 2.24) is 0 Å². The minimum absolute atomic E-state index is 0.0810. The molecule has 1 heterocycles. The van der Waals surface area contributed by atoms with E-state index in [2.05, 4.69) is 6.92 Å². The van der Waals surface area contributed by atoms with Gasteiger partial charge in [-0.25, -0.2) is 4.79 Å². The molecule has 1 aliphatic heterocycles. The molecule has 0 amide bonds. The average Bonchev–Trinajstić information content (AvgIpc) is 2.58. The van der Waals surface area contributed by atoms with Gasteiger partial charge in [-0.05, 0) is 30.9 Å². The first-order valence-corrected chi connectivity index (χ1v) is 8.18. The van der Waals surface area contributed by atoms with Crippen molar-refractivity contribution < 1.29 is 28.7 Å². The molecule has 0 N–H and O–H groups in total. The molecule has 8 nitrogen and oxygen atoms in total. The highest BCUT2D eigenvalue weighted by atomic mass is 16.7. The SMILES string of the molecule is COC1OCC(OC(=O)Oc2ccc([N+](=O)[O-])cc2)C(C)CCC1C. The second-order valence-corrected chi connectivity index (χ2v) is 6.23. The summed E-state index contributed by atoms with van der Waals surface area (Å²) in [7, 11) is 1.59. The summed E-state index contributed by atoms with van der Waals surface area (Å²) in [6.07, 6.45) is 0.133. The number of hydrogen-bond acceptors (Lipinski definition) is 7. The Balaban J connectivity index is 1.92. The summed E-state index contributed by atoms with van der Waals surface area (Å²) < 4.78 is 21.4. The molecule has 1 aromatic carbocycles. The zero-order valence-electron chi connectivity index (χ0n) is 14.5. The lowest BCUT2D eigenvalue weighted by Gasteiger charge is -2.32. The van der Waals surface area contributed by atoms with Gasteiger partial charge in [0.15, 0.2) is 6.29 Å². The van der Waals surface area contributed by atoms with Crippen LogP contribution in [0.15, 0.2) is 24.3 Å². The molecule has 0 saturated carbocycles. The number of methoxy groups -OCH3 is 1. The summed E-state index contributed by atoms with van der Waals surface area (Å²) in [5.41, 5.74) is -0.0810. The molecule has 8 heteroatoms. The normalized spacial score (nSPS) is 27.0.